The van der Waals surface area contributed by atoms with E-state index in [1.165, 1.54) is 17.4 Å². The van der Waals surface area contributed by atoms with Crippen molar-refractivity contribution in [1.82, 2.24) is 9.88 Å². The van der Waals surface area contributed by atoms with Crippen LogP contribution >= 0.6 is 22.9 Å². The molecule has 7 nitrogen and oxygen atoms in total. The smallest absolute Gasteiger partial charge is 0.412 e. The quantitative estimate of drug-likeness (QED) is 0.545. The number of nitrogens with zero attached hydrogens (tertiary/aromatic N) is 3. The number of thiazole rings is 1. The first-order chi connectivity index (χ1) is 14.9. The Labute approximate surface area is 195 Å². The Morgan fingerprint density at radius 1 is 1.50 bits per heavy atom. The third-order valence-electron chi connectivity index (χ3n) is 4.79. The molecule has 1 aliphatic heterocycles. The van der Waals surface area contributed by atoms with Gasteiger partial charge >= 0.3 is 6.09 Å². The predicted molar refractivity (Wildman–Crippen MR) is 118 cm³/mol. The number of hydrogen-bond acceptors (Lipinski definition) is 7. The second-order valence-electron chi connectivity index (χ2n) is 8.85. The number of benzene rings is 1. The van der Waals surface area contributed by atoms with Gasteiger partial charge < -0.3 is 14.2 Å². The zero-order valence-electron chi connectivity index (χ0n) is 18.5. The average molecular weight is 482 g/mol. The summed E-state index contributed by atoms with van der Waals surface area (Å²) >= 11 is 7.29. The topological polar surface area (TPSA) is 84.7 Å². The molecule has 10 heteroatoms. The summed E-state index contributed by atoms with van der Waals surface area (Å²) < 4.78 is 31.4. The largest absolute Gasteiger partial charge is 0.482 e. The Morgan fingerprint density at radius 3 is 2.81 bits per heavy atom. The molecule has 2 heterocycles. The first-order valence-electron chi connectivity index (χ1n) is 10.0. The standard InChI is InChI=1S/C22H25ClFN3O4S/c1-21(2,3)31-20(28)27-14(12-29-22(27,4)5)9-18(19-26-6-7-32-19)30-17-10-15(23)16(24)8-13(17)11-25/h6-8,10,14,18H,9,12H2,1-5H3/t14-,18+/m0/s1. The fourth-order valence-corrected chi connectivity index (χ4v) is 4.28. The van der Waals surface area contributed by atoms with Crippen LogP contribution in [0.5, 0.6) is 5.75 Å². The lowest BCUT2D eigenvalue weighted by molar-refractivity contribution is -0.0635. The van der Waals surface area contributed by atoms with E-state index in [-0.39, 0.29) is 29.0 Å². The van der Waals surface area contributed by atoms with E-state index in [2.05, 4.69) is 4.98 Å². The van der Waals surface area contributed by atoms with Crippen LogP contribution in [0.4, 0.5) is 9.18 Å². The molecule has 0 spiro atoms. The number of amides is 1. The van der Waals surface area contributed by atoms with Crippen molar-refractivity contribution < 1.29 is 23.4 Å². The van der Waals surface area contributed by atoms with Crippen molar-refractivity contribution in [3.05, 3.63) is 45.1 Å². The fourth-order valence-electron chi connectivity index (χ4n) is 3.44. The Morgan fingerprint density at radius 2 is 2.22 bits per heavy atom. The van der Waals surface area contributed by atoms with E-state index in [9.17, 15) is 14.4 Å². The van der Waals surface area contributed by atoms with Gasteiger partial charge in [0, 0.05) is 24.1 Å². The summed E-state index contributed by atoms with van der Waals surface area (Å²) in [6, 6.07) is 3.85. The average Bonchev–Trinajstić information content (AvgIpc) is 3.30. The van der Waals surface area contributed by atoms with Crippen LogP contribution in [-0.4, -0.2) is 40.0 Å². The number of halogens is 2. The SMILES string of the molecule is CC(C)(C)OC(=O)N1[C@@H](C[C@@H](Oc2cc(Cl)c(F)cc2C#N)c2nccs2)COC1(C)C. The summed E-state index contributed by atoms with van der Waals surface area (Å²) in [6.07, 6.45) is 0.831. The Balaban J connectivity index is 1.90. The summed E-state index contributed by atoms with van der Waals surface area (Å²) in [5.41, 5.74) is -1.53. The van der Waals surface area contributed by atoms with Gasteiger partial charge in [0.25, 0.3) is 0 Å². The number of carbonyl (C=O) groups excluding carboxylic acids is 1. The molecule has 2 atom stereocenters. The van der Waals surface area contributed by atoms with Crippen molar-refractivity contribution in [2.45, 2.75) is 64.5 Å². The van der Waals surface area contributed by atoms with Gasteiger partial charge in [0.2, 0.25) is 0 Å². The maximum Gasteiger partial charge on any atom is 0.412 e. The van der Waals surface area contributed by atoms with Crippen molar-refractivity contribution in [1.29, 1.82) is 5.26 Å². The summed E-state index contributed by atoms with van der Waals surface area (Å²) in [5.74, 6) is -0.565. The van der Waals surface area contributed by atoms with Crippen molar-refractivity contribution in [2.24, 2.45) is 0 Å². The zero-order valence-corrected chi connectivity index (χ0v) is 20.1. The molecule has 0 aliphatic carbocycles. The normalized spacial score (nSPS) is 18.8. The Kier molecular flexibility index (Phi) is 6.98. The van der Waals surface area contributed by atoms with Gasteiger partial charge in [-0.1, -0.05) is 11.6 Å². The molecule has 1 aromatic carbocycles. The van der Waals surface area contributed by atoms with Gasteiger partial charge in [-0.2, -0.15) is 5.26 Å². The Hall–Kier alpha value is -2.41. The molecule has 2 aromatic rings. The van der Waals surface area contributed by atoms with Gasteiger partial charge in [0.1, 0.15) is 34.0 Å². The number of ether oxygens (including phenoxy) is 3. The first-order valence-corrected chi connectivity index (χ1v) is 11.3. The maximum absolute atomic E-state index is 13.8. The highest BCUT2D eigenvalue weighted by Crippen LogP contribution is 2.37. The van der Waals surface area contributed by atoms with Gasteiger partial charge in [-0.3, -0.25) is 4.90 Å². The third-order valence-corrected chi connectivity index (χ3v) is 5.95. The lowest BCUT2D eigenvalue weighted by Gasteiger charge is -2.36. The van der Waals surface area contributed by atoms with Crippen molar-refractivity contribution >= 4 is 29.0 Å². The molecular weight excluding hydrogens is 457 g/mol. The van der Waals surface area contributed by atoms with Crippen LogP contribution in [-0.2, 0) is 9.47 Å². The van der Waals surface area contributed by atoms with Gasteiger partial charge in [0.05, 0.1) is 23.2 Å². The van der Waals surface area contributed by atoms with Crippen LogP contribution in [0.15, 0.2) is 23.7 Å². The molecule has 1 saturated heterocycles. The molecular formula is C22H25ClFN3O4S. The van der Waals surface area contributed by atoms with E-state index >= 15 is 0 Å². The van der Waals surface area contributed by atoms with Gasteiger partial charge in [-0.15, -0.1) is 11.3 Å². The molecule has 0 bridgehead atoms. The van der Waals surface area contributed by atoms with Crippen molar-refractivity contribution in [3.8, 4) is 11.8 Å². The predicted octanol–water partition coefficient (Wildman–Crippen LogP) is 5.69. The molecule has 0 radical (unpaired) electrons. The summed E-state index contributed by atoms with van der Waals surface area (Å²) in [7, 11) is 0. The zero-order chi connectivity index (χ0) is 23.7. The minimum Gasteiger partial charge on any atom is -0.482 e. The molecule has 1 amide bonds. The second kappa shape index (κ2) is 9.22. The van der Waals surface area contributed by atoms with Crippen LogP contribution < -0.4 is 4.74 Å². The monoisotopic (exact) mass is 481 g/mol. The number of carbonyl (C=O) groups is 1. The van der Waals surface area contributed by atoms with Crippen molar-refractivity contribution in [2.75, 3.05) is 6.61 Å². The molecule has 0 N–H and O–H groups in total. The summed E-state index contributed by atoms with van der Waals surface area (Å²) in [4.78, 5) is 18.9. The minimum absolute atomic E-state index is 0.0143. The van der Waals surface area contributed by atoms with Crippen LogP contribution in [0.1, 0.15) is 57.7 Å². The molecule has 3 rings (SSSR count). The lowest BCUT2D eigenvalue weighted by Crippen LogP contribution is -2.50. The number of aromatic nitrogens is 1. The Bertz CT molecular complexity index is 1020. The van der Waals surface area contributed by atoms with Gasteiger partial charge in [-0.05, 0) is 40.7 Å². The fraction of sp³-hybridized carbons (Fsp3) is 0.500. The van der Waals surface area contributed by atoms with Crippen LogP contribution in [0.2, 0.25) is 5.02 Å². The van der Waals surface area contributed by atoms with E-state index in [1.54, 1.807) is 51.1 Å². The van der Waals surface area contributed by atoms with E-state index in [4.69, 9.17) is 25.8 Å². The van der Waals surface area contributed by atoms with Crippen molar-refractivity contribution in [3.63, 3.8) is 0 Å². The van der Waals surface area contributed by atoms with Gasteiger partial charge in [-0.25, -0.2) is 14.2 Å². The molecule has 1 aromatic heterocycles. The van der Waals surface area contributed by atoms with Crippen LogP contribution in [0.25, 0.3) is 0 Å². The van der Waals surface area contributed by atoms with E-state index in [1.807, 2.05) is 6.07 Å². The molecule has 32 heavy (non-hydrogen) atoms. The molecule has 0 unspecified atom stereocenters. The number of nitriles is 1. The summed E-state index contributed by atoms with van der Waals surface area (Å²) in [5, 5.41) is 11.7. The number of hydrogen-bond donors (Lipinski definition) is 0. The van der Waals surface area contributed by atoms with E-state index < -0.39 is 29.3 Å². The van der Waals surface area contributed by atoms with E-state index in [0.29, 0.717) is 11.4 Å². The molecule has 0 saturated carbocycles. The third kappa shape index (κ3) is 5.49. The highest BCUT2D eigenvalue weighted by molar-refractivity contribution is 7.09. The van der Waals surface area contributed by atoms with Crippen LogP contribution in [0, 0.1) is 17.1 Å². The maximum atomic E-state index is 13.8. The van der Waals surface area contributed by atoms with Crippen LogP contribution in [0.3, 0.4) is 0 Å². The summed E-state index contributed by atoms with van der Waals surface area (Å²) in [6.45, 7) is 9.26. The minimum atomic E-state index is -0.878. The van der Waals surface area contributed by atoms with E-state index in [0.717, 1.165) is 6.07 Å². The highest BCUT2D eigenvalue weighted by Gasteiger charge is 2.47. The molecule has 1 aliphatic rings. The lowest BCUT2D eigenvalue weighted by atomic mass is 10.1. The molecule has 1 fully saturated rings. The molecule has 172 valence electrons. The second-order valence-corrected chi connectivity index (χ2v) is 10.2. The van der Waals surface area contributed by atoms with Gasteiger partial charge in [0.15, 0.2) is 6.10 Å². The number of rotatable bonds is 5. The first kappa shape index (κ1) is 24.2. The highest BCUT2D eigenvalue weighted by atomic mass is 35.5.